The van der Waals surface area contributed by atoms with Crippen LogP contribution in [0.4, 0.5) is 0 Å². The molecule has 1 aliphatic rings. The first-order chi connectivity index (χ1) is 8.55. The van der Waals surface area contributed by atoms with Crippen LogP contribution in [0.5, 0.6) is 0 Å². The molecule has 0 saturated heterocycles. The second-order valence-corrected chi connectivity index (χ2v) is 7.14. The molecule has 1 saturated carbocycles. The molecule has 7 heteroatoms. The van der Waals surface area contributed by atoms with Gasteiger partial charge in [0.1, 0.15) is 0 Å². The highest BCUT2D eigenvalue weighted by Crippen LogP contribution is 2.26. The lowest BCUT2D eigenvalue weighted by molar-refractivity contribution is 0.0236. The predicted molar refractivity (Wildman–Crippen MR) is 71.2 cm³/mol. The minimum Gasteiger partial charge on any atom is -0.381 e. The van der Waals surface area contributed by atoms with Gasteiger partial charge in [0.05, 0.1) is 11.0 Å². The van der Waals surface area contributed by atoms with Crippen molar-refractivity contribution in [3.05, 3.63) is 16.3 Å². The van der Waals surface area contributed by atoms with E-state index in [0.29, 0.717) is 11.4 Å². The van der Waals surface area contributed by atoms with Gasteiger partial charge in [0, 0.05) is 30.0 Å². The van der Waals surface area contributed by atoms with Gasteiger partial charge in [-0.25, -0.2) is 13.1 Å². The van der Waals surface area contributed by atoms with Crippen molar-refractivity contribution in [2.75, 3.05) is 14.2 Å². The van der Waals surface area contributed by atoms with Gasteiger partial charge in [0.2, 0.25) is 10.0 Å². The van der Waals surface area contributed by atoms with E-state index < -0.39 is 10.0 Å². The van der Waals surface area contributed by atoms with Gasteiger partial charge < -0.3 is 10.1 Å². The van der Waals surface area contributed by atoms with E-state index in [4.69, 9.17) is 4.74 Å². The summed E-state index contributed by atoms with van der Waals surface area (Å²) in [5, 5.41) is 4.69. The minimum atomic E-state index is -3.37. The maximum atomic E-state index is 12.1. The normalized spacial score (nSPS) is 23.9. The number of ether oxygens (including phenoxy) is 1. The fourth-order valence-corrected chi connectivity index (χ4v) is 4.46. The summed E-state index contributed by atoms with van der Waals surface area (Å²) in [6.45, 7) is 0.690. The smallest absolute Gasteiger partial charge is 0.241 e. The van der Waals surface area contributed by atoms with Gasteiger partial charge in [-0.05, 0) is 26.0 Å². The van der Waals surface area contributed by atoms with Crippen LogP contribution in [0.1, 0.15) is 17.7 Å². The lowest BCUT2D eigenvalue weighted by Crippen LogP contribution is -2.47. The van der Waals surface area contributed by atoms with Crippen LogP contribution in [-0.4, -0.2) is 34.7 Å². The molecule has 0 radical (unpaired) electrons. The highest BCUT2D eigenvalue weighted by molar-refractivity contribution is 7.89. The van der Waals surface area contributed by atoms with Gasteiger partial charge in [-0.3, -0.25) is 0 Å². The van der Waals surface area contributed by atoms with Crippen LogP contribution in [0, 0.1) is 0 Å². The van der Waals surface area contributed by atoms with Crippen LogP contribution in [0.15, 0.2) is 16.3 Å². The Morgan fingerprint density at radius 2 is 2.22 bits per heavy atom. The van der Waals surface area contributed by atoms with Crippen LogP contribution < -0.4 is 10.0 Å². The SMILES string of the molecule is CNCc1cc(S(=O)(=O)NC2CC(OC)C2)cs1. The topological polar surface area (TPSA) is 67.4 Å². The standard InChI is InChI=1S/C11H18N2O3S2/c1-12-6-10-5-11(7-17-10)18(14,15)13-8-3-9(4-8)16-2/h5,7-9,12-13H,3-4,6H2,1-2H3. The number of thiophene rings is 1. The molecule has 1 aromatic heterocycles. The summed E-state index contributed by atoms with van der Waals surface area (Å²) in [6, 6.07) is 1.73. The first-order valence-corrected chi connectivity index (χ1v) is 8.18. The highest BCUT2D eigenvalue weighted by Gasteiger charge is 2.32. The van der Waals surface area contributed by atoms with Crippen LogP contribution in [0.2, 0.25) is 0 Å². The Balaban J connectivity index is 1.97. The van der Waals surface area contributed by atoms with Crippen molar-refractivity contribution in [2.24, 2.45) is 0 Å². The Bertz CT molecular complexity index is 492. The Morgan fingerprint density at radius 3 is 2.83 bits per heavy atom. The molecule has 18 heavy (non-hydrogen) atoms. The van der Waals surface area contributed by atoms with E-state index in [1.165, 1.54) is 11.3 Å². The largest absolute Gasteiger partial charge is 0.381 e. The zero-order valence-corrected chi connectivity index (χ0v) is 12.1. The molecule has 2 rings (SSSR count). The van der Waals surface area contributed by atoms with Crippen molar-refractivity contribution in [2.45, 2.75) is 36.4 Å². The number of rotatable bonds is 6. The molecule has 102 valence electrons. The average molecular weight is 290 g/mol. The summed E-state index contributed by atoms with van der Waals surface area (Å²) in [5.41, 5.74) is 0. The fraction of sp³-hybridized carbons (Fsp3) is 0.636. The third-order valence-electron chi connectivity index (χ3n) is 3.04. The Labute approximate surface area is 112 Å². The molecule has 0 atom stereocenters. The third-order valence-corrected chi connectivity index (χ3v) is 5.63. The molecule has 1 aliphatic carbocycles. The lowest BCUT2D eigenvalue weighted by atomic mass is 9.90. The second kappa shape index (κ2) is 5.66. The highest BCUT2D eigenvalue weighted by atomic mass is 32.2. The first kappa shape index (κ1) is 14.0. The lowest BCUT2D eigenvalue weighted by Gasteiger charge is -2.34. The maximum absolute atomic E-state index is 12.1. The molecule has 5 nitrogen and oxygen atoms in total. The monoisotopic (exact) mass is 290 g/mol. The van der Waals surface area contributed by atoms with E-state index in [1.807, 2.05) is 7.05 Å². The van der Waals surface area contributed by atoms with Gasteiger partial charge in [-0.2, -0.15) is 0 Å². The number of methoxy groups -OCH3 is 1. The summed E-state index contributed by atoms with van der Waals surface area (Å²) in [7, 11) is 0.117. The van der Waals surface area contributed by atoms with Crippen molar-refractivity contribution in [1.29, 1.82) is 0 Å². The van der Waals surface area contributed by atoms with Crippen LogP contribution in [0.25, 0.3) is 0 Å². The van der Waals surface area contributed by atoms with E-state index in [9.17, 15) is 8.42 Å². The van der Waals surface area contributed by atoms with Crippen LogP contribution in [-0.2, 0) is 21.3 Å². The Hall–Kier alpha value is -0.470. The summed E-state index contributed by atoms with van der Waals surface area (Å²) in [4.78, 5) is 1.37. The van der Waals surface area contributed by atoms with Gasteiger partial charge in [-0.15, -0.1) is 11.3 Å². The van der Waals surface area contributed by atoms with E-state index in [1.54, 1.807) is 18.6 Å². The number of nitrogens with one attached hydrogen (secondary N) is 2. The number of sulfonamides is 1. The van der Waals surface area contributed by atoms with Gasteiger partial charge in [0.15, 0.2) is 0 Å². The zero-order chi connectivity index (χ0) is 13.2. The molecule has 0 aliphatic heterocycles. The van der Waals surface area contributed by atoms with Gasteiger partial charge in [-0.1, -0.05) is 0 Å². The predicted octanol–water partition coefficient (Wildman–Crippen LogP) is 0.923. The van der Waals surface area contributed by atoms with Crippen molar-refractivity contribution >= 4 is 21.4 Å². The fourth-order valence-electron chi connectivity index (χ4n) is 1.91. The number of hydrogen-bond donors (Lipinski definition) is 2. The second-order valence-electron chi connectivity index (χ2n) is 4.43. The van der Waals surface area contributed by atoms with Crippen LogP contribution in [0.3, 0.4) is 0 Å². The molecule has 0 unspecified atom stereocenters. The molecule has 0 bridgehead atoms. The summed E-state index contributed by atoms with van der Waals surface area (Å²) in [6.07, 6.45) is 1.70. The molecular formula is C11H18N2O3S2. The van der Waals surface area contributed by atoms with E-state index in [2.05, 4.69) is 10.0 Å². The van der Waals surface area contributed by atoms with E-state index in [-0.39, 0.29) is 12.1 Å². The summed E-state index contributed by atoms with van der Waals surface area (Å²) >= 11 is 1.45. The van der Waals surface area contributed by atoms with Crippen LogP contribution >= 0.6 is 11.3 Å². The van der Waals surface area contributed by atoms with Crippen molar-refractivity contribution < 1.29 is 13.2 Å². The maximum Gasteiger partial charge on any atom is 0.241 e. The summed E-state index contributed by atoms with van der Waals surface area (Å²) in [5.74, 6) is 0. The molecule has 0 aromatic carbocycles. The third kappa shape index (κ3) is 3.10. The summed E-state index contributed by atoms with van der Waals surface area (Å²) < 4.78 is 32.0. The Morgan fingerprint density at radius 1 is 1.50 bits per heavy atom. The Kier molecular flexibility index (Phi) is 4.39. The first-order valence-electron chi connectivity index (χ1n) is 5.82. The molecule has 1 fully saturated rings. The van der Waals surface area contributed by atoms with Crippen molar-refractivity contribution in [3.8, 4) is 0 Å². The zero-order valence-electron chi connectivity index (χ0n) is 10.5. The number of hydrogen-bond acceptors (Lipinski definition) is 5. The van der Waals surface area contributed by atoms with Crippen molar-refractivity contribution in [3.63, 3.8) is 0 Å². The molecule has 1 heterocycles. The quantitative estimate of drug-likeness (QED) is 0.817. The van der Waals surface area contributed by atoms with Crippen molar-refractivity contribution in [1.82, 2.24) is 10.0 Å². The van der Waals surface area contributed by atoms with E-state index in [0.717, 1.165) is 17.7 Å². The molecule has 2 N–H and O–H groups in total. The van der Waals surface area contributed by atoms with Gasteiger partial charge in [0.25, 0.3) is 0 Å². The van der Waals surface area contributed by atoms with Gasteiger partial charge >= 0.3 is 0 Å². The molecule has 0 spiro atoms. The molecule has 1 aromatic rings. The van der Waals surface area contributed by atoms with E-state index >= 15 is 0 Å². The minimum absolute atomic E-state index is 0.00704. The molecule has 0 amide bonds. The average Bonchev–Trinajstić information content (AvgIpc) is 2.72. The molecular weight excluding hydrogens is 272 g/mol.